The van der Waals surface area contributed by atoms with Gasteiger partial charge in [-0.1, -0.05) is 35.3 Å². The second-order valence-electron chi connectivity index (χ2n) is 18.0. The van der Waals surface area contributed by atoms with E-state index in [1.807, 2.05) is 44.2 Å². The highest BCUT2D eigenvalue weighted by Crippen LogP contribution is 2.47. The third kappa shape index (κ3) is 11.2. The predicted molar refractivity (Wildman–Crippen MR) is 275 cm³/mol. The number of methoxy groups -OCH3 is 3. The van der Waals surface area contributed by atoms with Crippen molar-refractivity contribution in [3.63, 3.8) is 0 Å². The monoisotopic (exact) mass is 1030 g/mol. The van der Waals surface area contributed by atoms with E-state index in [1.54, 1.807) is 57.2 Å². The second kappa shape index (κ2) is 23.3. The summed E-state index contributed by atoms with van der Waals surface area (Å²) in [6.07, 6.45) is 9.67. The van der Waals surface area contributed by atoms with E-state index in [9.17, 15) is 19.8 Å². The van der Waals surface area contributed by atoms with Gasteiger partial charge in [-0.2, -0.15) is 0 Å². The molecule has 1 saturated heterocycles. The van der Waals surface area contributed by atoms with Crippen LogP contribution in [0.1, 0.15) is 83.5 Å². The molecule has 6 aromatic rings. The number of nitrogens with one attached hydrogen (secondary N) is 6. The Bertz CT molecular complexity index is 2870. The molecule has 0 spiro atoms. The summed E-state index contributed by atoms with van der Waals surface area (Å²) in [6, 6.07) is 14.4. The highest BCUT2D eigenvalue weighted by molar-refractivity contribution is 6.33. The van der Waals surface area contributed by atoms with Crippen LogP contribution >= 0.6 is 23.2 Å². The van der Waals surface area contributed by atoms with Crippen molar-refractivity contribution in [1.29, 1.82) is 0 Å². The fourth-order valence-corrected chi connectivity index (χ4v) is 9.47. The molecule has 382 valence electrons. The Morgan fingerprint density at radius 3 is 1.68 bits per heavy atom. The maximum absolute atomic E-state index is 13.1. The normalized spacial score (nSPS) is 17.2. The van der Waals surface area contributed by atoms with Gasteiger partial charge in [0.05, 0.1) is 93.6 Å². The van der Waals surface area contributed by atoms with E-state index in [0.29, 0.717) is 123 Å². The lowest BCUT2D eigenvalue weighted by molar-refractivity contribution is -0.0146. The van der Waals surface area contributed by atoms with Gasteiger partial charge in [-0.3, -0.25) is 19.6 Å². The van der Waals surface area contributed by atoms with Crippen molar-refractivity contribution in [1.82, 2.24) is 30.6 Å². The number of halogens is 2. The molecule has 0 saturated carbocycles. The zero-order chi connectivity index (χ0) is 50.9. The minimum absolute atomic E-state index is 0.00418. The molecular weight excluding hydrogens is 968 g/mol. The van der Waals surface area contributed by atoms with Gasteiger partial charge >= 0.3 is 0 Å². The molecule has 0 aliphatic carbocycles. The Labute approximate surface area is 427 Å². The minimum Gasteiger partial charge on any atom is -0.493 e. The largest absolute Gasteiger partial charge is 0.493 e. The molecule has 3 aliphatic rings. The third-order valence-corrected chi connectivity index (χ3v) is 13.4. The predicted octanol–water partition coefficient (Wildman–Crippen LogP) is 8.75. The molecule has 0 radical (unpaired) electrons. The molecule has 18 nitrogen and oxygen atoms in total. The van der Waals surface area contributed by atoms with Gasteiger partial charge in [0.1, 0.15) is 24.7 Å². The number of hydrogen-bond donors (Lipinski definition) is 8. The zero-order valence-corrected chi connectivity index (χ0v) is 42.3. The number of pyridine rings is 2. The van der Waals surface area contributed by atoms with E-state index in [4.69, 9.17) is 51.6 Å². The van der Waals surface area contributed by atoms with Crippen molar-refractivity contribution in [3.8, 4) is 45.5 Å². The molecule has 1 unspecified atom stereocenters. The number of aliphatic hydroxyl groups is 2. The molecule has 20 heteroatoms. The van der Waals surface area contributed by atoms with Crippen molar-refractivity contribution in [3.05, 3.63) is 106 Å². The maximum Gasteiger partial charge on any atom is 0.255 e. The Hall–Kier alpha value is -6.54. The highest BCUT2D eigenvalue weighted by Gasteiger charge is 2.36. The molecule has 2 amide bonds. The summed E-state index contributed by atoms with van der Waals surface area (Å²) in [5.74, 6) is 1.44. The third-order valence-electron chi connectivity index (χ3n) is 12.8. The van der Waals surface area contributed by atoms with Gasteiger partial charge in [-0.15, -0.1) is 0 Å². The number of amides is 2. The van der Waals surface area contributed by atoms with Gasteiger partial charge in [-0.05, 0) is 75.9 Å². The summed E-state index contributed by atoms with van der Waals surface area (Å²) < 4.78 is 34.6. The van der Waals surface area contributed by atoms with Crippen LogP contribution in [0.2, 0.25) is 10.0 Å². The Morgan fingerprint density at radius 2 is 1.24 bits per heavy atom. The number of rotatable bonds is 19. The average molecular weight is 1030 g/mol. The summed E-state index contributed by atoms with van der Waals surface area (Å²) in [5.41, 5.74) is 7.05. The smallest absolute Gasteiger partial charge is 0.255 e. The second-order valence-corrected chi connectivity index (χ2v) is 18.8. The van der Waals surface area contributed by atoms with Crippen molar-refractivity contribution >= 4 is 57.8 Å². The molecule has 8 N–H and O–H groups in total. The van der Waals surface area contributed by atoms with Gasteiger partial charge < -0.3 is 69.9 Å². The van der Waals surface area contributed by atoms with Gasteiger partial charge in [0.25, 0.3) is 11.8 Å². The van der Waals surface area contributed by atoms with E-state index < -0.39 is 5.60 Å². The summed E-state index contributed by atoms with van der Waals surface area (Å²) in [4.78, 5) is 41.7. The molecule has 4 aromatic heterocycles. The number of benzene rings is 2. The number of carbonyl (C=O) groups is 2. The van der Waals surface area contributed by atoms with Crippen LogP contribution < -0.4 is 40.2 Å². The molecule has 7 heterocycles. The van der Waals surface area contributed by atoms with Crippen LogP contribution in [0.25, 0.3) is 22.5 Å². The fraction of sp³-hybridized carbons (Fsp3) is 0.385. The van der Waals surface area contributed by atoms with Gasteiger partial charge in [0.15, 0.2) is 11.5 Å². The topological polar surface area (TPSA) is 235 Å². The number of aliphatic hydroxyl groups excluding tert-OH is 2. The first-order valence-corrected chi connectivity index (χ1v) is 24.5. The van der Waals surface area contributed by atoms with E-state index in [1.165, 1.54) is 7.11 Å². The van der Waals surface area contributed by atoms with E-state index in [0.717, 1.165) is 36.4 Å². The molecule has 0 bridgehead atoms. The van der Waals surface area contributed by atoms with Crippen LogP contribution in [-0.2, 0) is 9.47 Å². The van der Waals surface area contributed by atoms with Gasteiger partial charge in [0.2, 0.25) is 0 Å². The number of nitrogens with zero attached hydrogens (tertiary/aromatic N) is 2. The lowest BCUT2D eigenvalue weighted by Crippen LogP contribution is -2.35. The fourth-order valence-electron chi connectivity index (χ4n) is 8.96. The number of H-pyrrole nitrogens is 2. The average Bonchev–Trinajstić information content (AvgIpc) is 4.14. The van der Waals surface area contributed by atoms with Crippen LogP contribution in [-0.4, -0.2) is 121 Å². The SMILES string of the molecule is COc1c(Cl)cccc1Nc1c(-c2ccncc2OCC(C)(C)OC)[nH]c2c1C(=O)NC[C@@H]2CCO.COc1c(Cl)cccc1Nc1c(-c2ccncc2OC[C@@H]2CCCO2)[nH]c2c1C(=O)NCC2CCO. The van der Waals surface area contributed by atoms with Crippen LogP contribution in [0.15, 0.2) is 73.3 Å². The maximum atomic E-state index is 13.1. The molecular formula is C52H60Cl2N8O10. The summed E-state index contributed by atoms with van der Waals surface area (Å²) in [7, 11) is 4.72. The zero-order valence-electron chi connectivity index (χ0n) is 40.7. The summed E-state index contributed by atoms with van der Waals surface area (Å²) >= 11 is 12.7. The number of para-hydroxylation sites is 2. The molecule has 3 aliphatic heterocycles. The Kier molecular flexibility index (Phi) is 16.8. The first-order chi connectivity index (χ1) is 34.9. The summed E-state index contributed by atoms with van der Waals surface area (Å²) in [6.45, 7) is 6.17. The number of carbonyl (C=O) groups excluding carboxylic acids is 2. The quantitative estimate of drug-likeness (QED) is 0.0379. The van der Waals surface area contributed by atoms with Crippen LogP contribution in [0.5, 0.6) is 23.0 Å². The number of anilines is 4. The van der Waals surface area contributed by atoms with E-state index >= 15 is 0 Å². The molecule has 1 fully saturated rings. The summed E-state index contributed by atoms with van der Waals surface area (Å²) in [5, 5.41) is 32.8. The van der Waals surface area contributed by atoms with Gasteiger partial charge in [0, 0.05) is 86.8 Å². The highest BCUT2D eigenvalue weighted by atomic mass is 35.5. The number of hydrogen-bond acceptors (Lipinski definition) is 14. The van der Waals surface area contributed by atoms with E-state index in [2.05, 4.69) is 41.2 Å². The lowest BCUT2D eigenvalue weighted by atomic mass is 9.94. The lowest BCUT2D eigenvalue weighted by Gasteiger charge is -2.23. The van der Waals surface area contributed by atoms with Crippen molar-refractivity contribution in [2.75, 3.05) is 78.1 Å². The molecule has 9 rings (SSSR count). The first kappa shape index (κ1) is 51.8. The molecule has 2 aromatic carbocycles. The number of aromatic nitrogens is 4. The van der Waals surface area contributed by atoms with Crippen molar-refractivity contribution in [2.24, 2.45) is 0 Å². The van der Waals surface area contributed by atoms with Gasteiger partial charge in [-0.25, -0.2) is 0 Å². The molecule has 72 heavy (non-hydrogen) atoms. The van der Waals surface area contributed by atoms with Crippen molar-refractivity contribution < 1.29 is 48.2 Å². The minimum atomic E-state index is -0.510. The number of fused-ring (bicyclic) bond motifs is 2. The number of aromatic amines is 2. The Balaban J connectivity index is 0.000000193. The van der Waals surface area contributed by atoms with Crippen LogP contribution in [0.3, 0.4) is 0 Å². The van der Waals surface area contributed by atoms with Crippen LogP contribution in [0, 0.1) is 0 Å². The molecule has 3 atom stereocenters. The Morgan fingerprint density at radius 1 is 0.736 bits per heavy atom. The first-order valence-electron chi connectivity index (χ1n) is 23.7. The van der Waals surface area contributed by atoms with Crippen molar-refractivity contribution in [2.45, 2.75) is 63.1 Å². The van der Waals surface area contributed by atoms with Crippen LogP contribution in [0.4, 0.5) is 22.7 Å². The standard InChI is InChI=1S/C26H29ClN4O5.C26H31ClN4O5/c1-34-25-18(27)5-2-6-19(25)30-24-21-22(15(8-10-32)12-29-26(21)33)31-23(24)17-7-9-28-13-20(17)36-14-16-4-3-11-35-16;1-26(2,35-4)14-36-19-13-28-10-8-16(19)22-23(30-18-7-5-6-17(27)24(18)34-3)20-21(31-22)15(9-11-32)12-29-25(20)33/h2,5-7,9,13,15-16,30-32H,3-4,8,10-12,14H2,1H3,(H,29,33);5-8,10,13,15,30-32H,9,11-12,14H2,1-4H3,(H,29,33)/t15?,16-;15-/m00/s1. The number of ether oxygens (including phenoxy) is 6. The van der Waals surface area contributed by atoms with E-state index in [-0.39, 0.29) is 43.0 Å².